The van der Waals surface area contributed by atoms with E-state index < -0.39 is 41.2 Å². The van der Waals surface area contributed by atoms with E-state index in [9.17, 15) is 31.5 Å². The van der Waals surface area contributed by atoms with Crippen LogP contribution in [0, 0.1) is 0 Å². The van der Waals surface area contributed by atoms with E-state index in [4.69, 9.17) is 4.52 Å². The van der Waals surface area contributed by atoms with Crippen molar-refractivity contribution in [3.63, 3.8) is 0 Å². The first-order valence-electron chi connectivity index (χ1n) is 7.94. The number of halogens is 3. The van der Waals surface area contributed by atoms with E-state index in [0.717, 1.165) is 6.26 Å². The maximum absolute atomic E-state index is 13.0. The minimum Gasteiger partial charge on any atom is -0.386 e. The lowest BCUT2D eigenvalue weighted by Crippen LogP contribution is -2.43. The maximum Gasteiger partial charge on any atom is 0.315 e. The zero-order valence-electron chi connectivity index (χ0n) is 14.6. The van der Waals surface area contributed by atoms with Gasteiger partial charge < -0.3 is 14.9 Å². The van der Waals surface area contributed by atoms with E-state index in [1.807, 2.05) is 0 Å². The van der Waals surface area contributed by atoms with Crippen LogP contribution in [0.15, 0.2) is 34.9 Å². The lowest BCUT2D eigenvalue weighted by molar-refractivity contribution is -0.133. The average Bonchev–Trinajstić information content (AvgIpc) is 3.12. The number of hydrogen-bond donors (Lipinski definition) is 3. The number of sulfonamides is 1. The fourth-order valence-electron chi connectivity index (χ4n) is 2.26. The summed E-state index contributed by atoms with van der Waals surface area (Å²) < 4.78 is 67.1. The van der Waals surface area contributed by atoms with Crippen molar-refractivity contribution in [2.75, 3.05) is 12.9 Å². The summed E-state index contributed by atoms with van der Waals surface area (Å²) in [7, 11) is -3.38. The number of nitrogens with zero attached hydrogens (tertiary/aromatic N) is 1. The molecule has 28 heavy (non-hydrogen) atoms. The highest BCUT2D eigenvalue weighted by Crippen LogP contribution is 2.24. The zero-order valence-corrected chi connectivity index (χ0v) is 15.4. The summed E-state index contributed by atoms with van der Waals surface area (Å²) in [4.78, 5) is 11.0. The van der Waals surface area contributed by atoms with Crippen molar-refractivity contribution >= 4 is 15.9 Å². The Balaban J connectivity index is 2.08. The second-order valence-electron chi connectivity index (χ2n) is 5.91. The standard InChI is InChI=1S/C16H18F3N3O5S/c1-28(25,26)20-8-11-6-13(27-22-11)9-2-4-10(5-3-9)14(23)12(7-17)21-16(24)15(18)19/h2-6,12,14-15,20,23H,7-8H2,1H3,(H,21,24). The first-order chi connectivity index (χ1) is 13.1. The largest absolute Gasteiger partial charge is 0.386 e. The first kappa shape index (κ1) is 21.9. The molecule has 0 aliphatic heterocycles. The molecule has 12 heteroatoms. The van der Waals surface area contributed by atoms with Crippen LogP contribution in [0.5, 0.6) is 0 Å². The molecule has 2 unspecified atom stereocenters. The highest BCUT2D eigenvalue weighted by molar-refractivity contribution is 7.88. The molecular weight excluding hydrogens is 403 g/mol. The molecule has 2 atom stereocenters. The van der Waals surface area contributed by atoms with E-state index in [1.165, 1.54) is 30.3 Å². The Morgan fingerprint density at radius 3 is 2.46 bits per heavy atom. The third kappa shape index (κ3) is 6.04. The Bertz CT molecular complexity index is 903. The van der Waals surface area contributed by atoms with E-state index in [1.54, 1.807) is 5.32 Å². The Morgan fingerprint density at radius 1 is 1.29 bits per heavy atom. The van der Waals surface area contributed by atoms with Gasteiger partial charge in [-0.2, -0.15) is 8.78 Å². The molecule has 2 aromatic rings. The van der Waals surface area contributed by atoms with Gasteiger partial charge in [-0.25, -0.2) is 17.5 Å². The summed E-state index contributed by atoms with van der Waals surface area (Å²) in [5.74, 6) is -1.35. The number of nitrogens with one attached hydrogen (secondary N) is 2. The van der Waals surface area contributed by atoms with Crippen LogP contribution in [0.3, 0.4) is 0 Å². The summed E-state index contributed by atoms with van der Waals surface area (Å²) in [6, 6.07) is 5.83. The van der Waals surface area contributed by atoms with E-state index in [-0.39, 0.29) is 12.1 Å². The van der Waals surface area contributed by atoms with Crippen molar-refractivity contribution < 1.29 is 36.0 Å². The number of aliphatic hydroxyl groups is 1. The second kappa shape index (κ2) is 9.17. The molecule has 1 aromatic carbocycles. The molecule has 0 spiro atoms. The number of benzene rings is 1. The van der Waals surface area contributed by atoms with Crippen LogP contribution in [0.4, 0.5) is 13.2 Å². The number of aliphatic hydroxyl groups excluding tert-OH is 1. The molecule has 8 nitrogen and oxygen atoms in total. The number of rotatable bonds is 9. The van der Waals surface area contributed by atoms with Crippen LogP contribution in [0.25, 0.3) is 11.3 Å². The van der Waals surface area contributed by atoms with Crippen LogP contribution in [0.2, 0.25) is 0 Å². The van der Waals surface area contributed by atoms with Gasteiger partial charge in [0.2, 0.25) is 10.0 Å². The maximum atomic E-state index is 13.0. The van der Waals surface area contributed by atoms with Gasteiger partial charge >= 0.3 is 6.43 Å². The zero-order chi connectivity index (χ0) is 20.9. The summed E-state index contributed by atoms with van der Waals surface area (Å²) in [5, 5.41) is 15.6. The number of carbonyl (C=O) groups excluding carboxylic acids is 1. The van der Waals surface area contributed by atoms with Crippen molar-refractivity contribution in [1.29, 1.82) is 0 Å². The highest BCUT2D eigenvalue weighted by Gasteiger charge is 2.26. The van der Waals surface area contributed by atoms with Gasteiger partial charge in [0.15, 0.2) is 5.76 Å². The van der Waals surface area contributed by atoms with Gasteiger partial charge in [0.1, 0.15) is 12.8 Å². The highest BCUT2D eigenvalue weighted by atomic mass is 32.2. The number of aromatic nitrogens is 1. The Kier molecular flexibility index (Phi) is 7.16. The molecule has 0 aliphatic carbocycles. The third-order valence-corrected chi connectivity index (χ3v) is 4.35. The van der Waals surface area contributed by atoms with Crippen molar-refractivity contribution in [3.8, 4) is 11.3 Å². The van der Waals surface area contributed by atoms with Crippen LogP contribution in [-0.4, -0.2) is 50.0 Å². The smallest absolute Gasteiger partial charge is 0.315 e. The van der Waals surface area contributed by atoms with Crippen molar-refractivity contribution in [2.45, 2.75) is 25.1 Å². The number of hydrogen-bond acceptors (Lipinski definition) is 6. The summed E-state index contributed by atoms with van der Waals surface area (Å²) in [6.07, 6.45) is -3.85. The van der Waals surface area contributed by atoms with Crippen molar-refractivity contribution in [2.24, 2.45) is 0 Å². The van der Waals surface area contributed by atoms with E-state index >= 15 is 0 Å². The van der Waals surface area contributed by atoms with Gasteiger partial charge in [0.25, 0.3) is 5.91 Å². The van der Waals surface area contributed by atoms with Gasteiger partial charge in [-0.05, 0) is 5.56 Å². The van der Waals surface area contributed by atoms with E-state index in [0.29, 0.717) is 17.0 Å². The number of amides is 1. The first-order valence-corrected chi connectivity index (χ1v) is 9.83. The van der Waals surface area contributed by atoms with Crippen LogP contribution >= 0.6 is 0 Å². The van der Waals surface area contributed by atoms with Gasteiger partial charge in [-0.1, -0.05) is 29.4 Å². The molecule has 1 heterocycles. The lowest BCUT2D eigenvalue weighted by Gasteiger charge is -2.21. The lowest BCUT2D eigenvalue weighted by atomic mass is 10.0. The van der Waals surface area contributed by atoms with Crippen LogP contribution in [-0.2, 0) is 21.4 Å². The van der Waals surface area contributed by atoms with Gasteiger partial charge in [-0.3, -0.25) is 4.79 Å². The minimum atomic E-state index is -3.38. The molecule has 1 amide bonds. The van der Waals surface area contributed by atoms with Crippen molar-refractivity contribution in [1.82, 2.24) is 15.2 Å². The predicted molar refractivity (Wildman–Crippen MR) is 92.5 cm³/mol. The average molecular weight is 421 g/mol. The van der Waals surface area contributed by atoms with Crippen LogP contribution < -0.4 is 10.0 Å². The topological polar surface area (TPSA) is 122 Å². The van der Waals surface area contributed by atoms with Crippen LogP contribution in [0.1, 0.15) is 17.4 Å². The molecule has 0 radical (unpaired) electrons. The molecule has 0 aliphatic rings. The monoisotopic (exact) mass is 421 g/mol. The van der Waals surface area contributed by atoms with Gasteiger partial charge in [0, 0.05) is 11.6 Å². The molecule has 154 valence electrons. The summed E-state index contributed by atoms with van der Waals surface area (Å²) >= 11 is 0. The molecule has 0 fully saturated rings. The fraction of sp³-hybridized carbons (Fsp3) is 0.375. The Labute approximate surface area is 158 Å². The molecule has 0 saturated carbocycles. The number of alkyl halides is 3. The molecular formula is C16H18F3N3O5S. The summed E-state index contributed by atoms with van der Waals surface area (Å²) in [6.45, 7) is -1.29. The van der Waals surface area contributed by atoms with Crippen molar-refractivity contribution in [3.05, 3.63) is 41.6 Å². The van der Waals surface area contributed by atoms with Gasteiger partial charge in [-0.15, -0.1) is 0 Å². The molecule has 1 aromatic heterocycles. The summed E-state index contributed by atoms with van der Waals surface area (Å²) in [5.41, 5.74) is 1.07. The fourth-order valence-corrected chi connectivity index (χ4v) is 2.67. The third-order valence-electron chi connectivity index (χ3n) is 3.68. The molecule has 2 rings (SSSR count). The second-order valence-corrected chi connectivity index (χ2v) is 7.75. The normalized spacial score (nSPS) is 14.1. The Morgan fingerprint density at radius 2 is 1.93 bits per heavy atom. The SMILES string of the molecule is CS(=O)(=O)NCc1cc(-c2ccc(C(O)C(CF)NC(=O)C(F)F)cc2)on1. The molecule has 3 N–H and O–H groups in total. The quantitative estimate of drug-likeness (QED) is 0.558. The van der Waals surface area contributed by atoms with E-state index in [2.05, 4.69) is 9.88 Å². The Hall–Kier alpha value is -2.44. The molecule has 0 saturated heterocycles. The minimum absolute atomic E-state index is 0.0544. The van der Waals surface area contributed by atoms with Gasteiger partial charge in [0.05, 0.1) is 24.5 Å². The number of carbonyl (C=O) groups is 1. The molecule has 0 bridgehead atoms. The predicted octanol–water partition coefficient (Wildman–Crippen LogP) is 1.14.